The van der Waals surface area contributed by atoms with Crippen LogP contribution in [0.5, 0.6) is 0 Å². The van der Waals surface area contributed by atoms with E-state index in [1.807, 2.05) is 6.92 Å². The van der Waals surface area contributed by atoms with E-state index in [0.717, 1.165) is 19.4 Å². The summed E-state index contributed by atoms with van der Waals surface area (Å²) in [6.45, 7) is 2.84. The maximum atomic E-state index is 11.8. The third-order valence-corrected chi connectivity index (χ3v) is 3.07. The van der Waals surface area contributed by atoms with Crippen molar-refractivity contribution in [1.82, 2.24) is 10.6 Å². The van der Waals surface area contributed by atoms with E-state index in [1.165, 1.54) is 7.11 Å². The van der Waals surface area contributed by atoms with Crippen molar-refractivity contribution in [3.63, 3.8) is 0 Å². The molecular formula is C11H20N2O4. The van der Waals surface area contributed by atoms with Crippen molar-refractivity contribution in [2.45, 2.75) is 31.9 Å². The number of carbonyl (C=O) groups is 2. The first-order chi connectivity index (χ1) is 8.06. The van der Waals surface area contributed by atoms with Crippen LogP contribution in [-0.2, 0) is 14.3 Å². The predicted molar refractivity (Wildman–Crippen MR) is 61.6 cm³/mol. The molecule has 0 aromatic heterocycles. The number of aliphatic carboxylic acids is 1. The SMILES string of the molecule is COC(CNC(=O)C1NCCCC1C)C(=O)O. The molecule has 6 nitrogen and oxygen atoms in total. The van der Waals surface area contributed by atoms with Gasteiger partial charge >= 0.3 is 5.97 Å². The second kappa shape index (κ2) is 6.56. The summed E-state index contributed by atoms with van der Waals surface area (Å²) in [6.07, 6.45) is 1.09. The summed E-state index contributed by atoms with van der Waals surface area (Å²) >= 11 is 0. The highest BCUT2D eigenvalue weighted by Crippen LogP contribution is 2.15. The van der Waals surface area contributed by atoms with Crippen molar-refractivity contribution in [1.29, 1.82) is 0 Å². The zero-order valence-corrected chi connectivity index (χ0v) is 10.2. The van der Waals surface area contributed by atoms with Gasteiger partial charge in [-0.2, -0.15) is 0 Å². The molecule has 0 radical (unpaired) electrons. The Morgan fingerprint density at radius 3 is 2.82 bits per heavy atom. The zero-order chi connectivity index (χ0) is 12.8. The number of ether oxygens (including phenoxy) is 1. The van der Waals surface area contributed by atoms with Crippen LogP contribution in [0.25, 0.3) is 0 Å². The summed E-state index contributed by atoms with van der Waals surface area (Å²) < 4.78 is 4.74. The fourth-order valence-corrected chi connectivity index (χ4v) is 1.98. The van der Waals surface area contributed by atoms with Crippen molar-refractivity contribution in [2.75, 3.05) is 20.2 Å². The average Bonchev–Trinajstić information content (AvgIpc) is 2.29. The first-order valence-corrected chi connectivity index (χ1v) is 5.83. The Morgan fingerprint density at radius 2 is 2.29 bits per heavy atom. The Morgan fingerprint density at radius 1 is 1.59 bits per heavy atom. The van der Waals surface area contributed by atoms with Crippen LogP contribution in [0, 0.1) is 5.92 Å². The molecule has 0 bridgehead atoms. The van der Waals surface area contributed by atoms with Crippen LogP contribution in [0.15, 0.2) is 0 Å². The van der Waals surface area contributed by atoms with Gasteiger partial charge in [-0.3, -0.25) is 4.79 Å². The maximum Gasteiger partial charge on any atom is 0.334 e. The summed E-state index contributed by atoms with van der Waals surface area (Å²) in [5, 5.41) is 14.5. The molecule has 1 aliphatic heterocycles. The number of nitrogens with one attached hydrogen (secondary N) is 2. The Bertz CT molecular complexity index is 283. The predicted octanol–water partition coefficient (Wildman–Crippen LogP) is -0.410. The molecule has 6 heteroatoms. The summed E-state index contributed by atoms with van der Waals surface area (Å²) in [4.78, 5) is 22.5. The molecule has 1 heterocycles. The third kappa shape index (κ3) is 3.98. The molecule has 0 aliphatic carbocycles. The summed E-state index contributed by atoms with van der Waals surface area (Å²) in [7, 11) is 1.31. The molecular weight excluding hydrogens is 224 g/mol. The number of carboxylic acids is 1. The number of methoxy groups -OCH3 is 1. The Kier molecular flexibility index (Phi) is 5.37. The molecule has 1 saturated heterocycles. The first-order valence-electron chi connectivity index (χ1n) is 5.83. The van der Waals surface area contributed by atoms with Crippen LogP contribution in [0.1, 0.15) is 19.8 Å². The minimum Gasteiger partial charge on any atom is -0.479 e. The van der Waals surface area contributed by atoms with Crippen molar-refractivity contribution in [3.05, 3.63) is 0 Å². The summed E-state index contributed by atoms with van der Waals surface area (Å²) in [6, 6.07) is -0.227. The van der Waals surface area contributed by atoms with E-state index in [9.17, 15) is 9.59 Å². The molecule has 1 aliphatic rings. The summed E-state index contributed by atoms with van der Waals surface area (Å²) in [5.74, 6) is -0.951. The van der Waals surface area contributed by atoms with E-state index in [0.29, 0.717) is 0 Å². The Labute approximate surface area is 101 Å². The Balaban J connectivity index is 2.40. The Hall–Kier alpha value is -1.14. The molecule has 17 heavy (non-hydrogen) atoms. The molecule has 3 atom stereocenters. The lowest BCUT2D eigenvalue weighted by Gasteiger charge is -2.29. The van der Waals surface area contributed by atoms with Gasteiger partial charge in [0.1, 0.15) is 0 Å². The molecule has 0 aromatic rings. The van der Waals surface area contributed by atoms with E-state index >= 15 is 0 Å². The first kappa shape index (κ1) is 13.9. The standard InChI is InChI=1S/C11H20N2O4/c1-7-4-3-5-12-9(7)10(14)13-6-8(17-2)11(15)16/h7-9,12H,3-6H2,1-2H3,(H,13,14)(H,15,16). The molecule has 1 fully saturated rings. The van der Waals surface area contributed by atoms with E-state index < -0.39 is 12.1 Å². The number of rotatable bonds is 5. The topological polar surface area (TPSA) is 87.7 Å². The fourth-order valence-electron chi connectivity index (χ4n) is 1.98. The molecule has 0 spiro atoms. The van der Waals surface area contributed by atoms with Crippen molar-refractivity contribution < 1.29 is 19.4 Å². The lowest BCUT2D eigenvalue weighted by molar-refractivity contribution is -0.148. The quantitative estimate of drug-likeness (QED) is 0.612. The van der Waals surface area contributed by atoms with Crippen molar-refractivity contribution in [2.24, 2.45) is 5.92 Å². The molecule has 1 amide bonds. The number of carboxylic acid groups (broad SMARTS) is 1. The maximum absolute atomic E-state index is 11.8. The fraction of sp³-hybridized carbons (Fsp3) is 0.818. The number of carbonyl (C=O) groups excluding carboxylic acids is 1. The minimum absolute atomic E-state index is 0.00440. The summed E-state index contributed by atoms with van der Waals surface area (Å²) in [5.41, 5.74) is 0. The van der Waals surface area contributed by atoms with E-state index in [4.69, 9.17) is 9.84 Å². The van der Waals surface area contributed by atoms with Crippen LogP contribution >= 0.6 is 0 Å². The van der Waals surface area contributed by atoms with Gasteiger partial charge in [-0.25, -0.2) is 4.79 Å². The van der Waals surface area contributed by atoms with Crippen LogP contribution < -0.4 is 10.6 Å². The largest absolute Gasteiger partial charge is 0.479 e. The highest BCUT2D eigenvalue weighted by molar-refractivity contribution is 5.83. The molecule has 0 aromatic carbocycles. The van der Waals surface area contributed by atoms with Crippen molar-refractivity contribution >= 4 is 11.9 Å². The van der Waals surface area contributed by atoms with Gasteiger partial charge in [0.2, 0.25) is 5.91 Å². The lowest BCUT2D eigenvalue weighted by Crippen LogP contribution is -2.52. The highest BCUT2D eigenvalue weighted by Gasteiger charge is 2.28. The van der Waals surface area contributed by atoms with Gasteiger partial charge in [0.25, 0.3) is 0 Å². The molecule has 3 unspecified atom stereocenters. The van der Waals surface area contributed by atoms with Gasteiger partial charge in [0, 0.05) is 7.11 Å². The van der Waals surface area contributed by atoms with Gasteiger partial charge in [-0.15, -0.1) is 0 Å². The van der Waals surface area contributed by atoms with E-state index in [1.54, 1.807) is 0 Å². The van der Waals surface area contributed by atoms with Gasteiger partial charge in [0.05, 0.1) is 12.6 Å². The van der Waals surface area contributed by atoms with Crippen LogP contribution in [0.3, 0.4) is 0 Å². The second-order valence-corrected chi connectivity index (χ2v) is 4.36. The molecule has 1 rings (SSSR count). The zero-order valence-electron chi connectivity index (χ0n) is 10.2. The van der Waals surface area contributed by atoms with E-state index in [-0.39, 0.29) is 24.4 Å². The average molecular weight is 244 g/mol. The van der Waals surface area contributed by atoms with Crippen molar-refractivity contribution in [3.8, 4) is 0 Å². The molecule has 3 N–H and O–H groups in total. The van der Waals surface area contributed by atoms with Gasteiger partial charge in [0.15, 0.2) is 6.10 Å². The minimum atomic E-state index is -1.07. The normalized spacial score (nSPS) is 26.2. The van der Waals surface area contributed by atoms with Crippen LogP contribution in [-0.4, -0.2) is 49.3 Å². The molecule has 98 valence electrons. The number of amides is 1. The highest BCUT2D eigenvalue weighted by atomic mass is 16.5. The molecule has 0 saturated carbocycles. The lowest BCUT2D eigenvalue weighted by atomic mass is 9.92. The van der Waals surface area contributed by atoms with Gasteiger partial charge in [-0.1, -0.05) is 6.92 Å². The second-order valence-electron chi connectivity index (χ2n) is 4.36. The number of piperidine rings is 1. The van der Waals surface area contributed by atoms with Crippen LogP contribution in [0.2, 0.25) is 0 Å². The third-order valence-electron chi connectivity index (χ3n) is 3.07. The van der Waals surface area contributed by atoms with Crippen LogP contribution in [0.4, 0.5) is 0 Å². The monoisotopic (exact) mass is 244 g/mol. The smallest absolute Gasteiger partial charge is 0.334 e. The number of hydrogen-bond acceptors (Lipinski definition) is 4. The van der Waals surface area contributed by atoms with Gasteiger partial charge in [-0.05, 0) is 25.3 Å². The number of hydrogen-bond donors (Lipinski definition) is 3. The van der Waals surface area contributed by atoms with Gasteiger partial charge < -0.3 is 20.5 Å². The van der Waals surface area contributed by atoms with E-state index in [2.05, 4.69) is 10.6 Å².